The third-order valence-corrected chi connectivity index (χ3v) is 3.75. The van der Waals surface area contributed by atoms with E-state index < -0.39 is 0 Å². The highest BCUT2D eigenvalue weighted by atomic mass is 16.4. The third kappa shape index (κ3) is 4.51. The Kier molecular flexibility index (Phi) is 5.52. The molecule has 6 heteroatoms. The maximum absolute atomic E-state index is 9.29. The van der Waals surface area contributed by atoms with Crippen LogP contribution in [0.4, 0.5) is 0 Å². The molecule has 1 aromatic heterocycles. The van der Waals surface area contributed by atoms with E-state index in [1.165, 1.54) is 0 Å². The van der Waals surface area contributed by atoms with Crippen LogP contribution in [0.5, 0.6) is 0 Å². The Bertz CT molecular complexity index is 838. The summed E-state index contributed by atoms with van der Waals surface area (Å²) in [6.45, 7) is 1.72. The maximum Gasteiger partial charge on any atom is 0.247 e. The highest BCUT2D eigenvalue weighted by molar-refractivity contribution is 5.54. The van der Waals surface area contributed by atoms with Crippen molar-refractivity contribution in [2.45, 2.75) is 13.1 Å². The van der Waals surface area contributed by atoms with Gasteiger partial charge in [-0.25, -0.2) is 0 Å². The summed E-state index contributed by atoms with van der Waals surface area (Å²) in [4.78, 5) is 2.05. The number of hydrogen-bond acceptors (Lipinski definition) is 6. The fourth-order valence-corrected chi connectivity index (χ4v) is 2.51. The minimum atomic E-state index is 0.0590. The van der Waals surface area contributed by atoms with Crippen LogP contribution in [0, 0.1) is 11.3 Å². The smallest absolute Gasteiger partial charge is 0.247 e. The first-order chi connectivity index (χ1) is 12.3. The first kappa shape index (κ1) is 16.8. The van der Waals surface area contributed by atoms with Crippen molar-refractivity contribution >= 4 is 0 Å². The summed E-state index contributed by atoms with van der Waals surface area (Å²) in [7, 11) is 0. The van der Waals surface area contributed by atoms with Gasteiger partial charge in [-0.2, -0.15) is 5.26 Å². The molecule has 25 heavy (non-hydrogen) atoms. The molecule has 0 aliphatic carbocycles. The number of rotatable bonds is 7. The monoisotopic (exact) mass is 334 g/mol. The van der Waals surface area contributed by atoms with E-state index in [0.29, 0.717) is 37.0 Å². The molecule has 0 spiro atoms. The van der Waals surface area contributed by atoms with Gasteiger partial charge < -0.3 is 9.52 Å². The fourth-order valence-electron chi connectivity index (χ4n) is 2.51. The highest BCUT2D eigenvalue weighted by Crippen LogP contribution is 2.19. The number of nitriles is 1. The Balaban J connectivity index is 1.70. The molecule has 0 unspecified atom stereocenters. The van der Waals surface area contributed by atoms with Gasteiger partial charge in [0.25, 0.3) is 0 Å². The number of aliphatic hydroxyl groups is 1. The summed E-state index contributed by atoms with van der Waals surface area (Å²) in [6.07, 6.45) is 0. The quantitative estimate of drug-likeness (QED) is 0.715. The molecule has 3 rings (SSSR count). The van der Waals surface area contributed by atoms with Gasteiger partial charge in [0.15, 0.2) is 0 Å². The predicted octanol–water partition coefficient (Wildman–Crippen LogP) is 2.60. The van der Waals surface area contributed by atoms with E-state index in [4.69, 9.17) is 9.68 Å². The normalized spacial score (nSPS) is 10.8. The maximum atomic E-state index is 9.29. The van der Waals surface area contributed by atoms with E-state index >= 15 is 0 Å². The molecule has 0 aliphatic heterocycles. The molecule has 0 atom stereocenters. The lowest BCUT2D eigenvalue weighted by molar-refractivity contribution is 0.173. The Morgan fingerprint density at radius 1 is 1.00 bits per heavy atom. The minimum Gasteiger partial charge on any atom is -0.419 e. The molecule has 0 radical (unpaired) electrons. The number of nitrogens with zero attached hydrogens (tertiary/aromatic N) is 4. The van der Waals surface area contributed by atoms with Gasteiger partial charge in [0, 0.05) is 18.7 Å². The fraction of sp³-hybridized carbons (Fsp3) is 0.211. The van der Waals surface area contributed by atoms with Crippen molar-refractivity contribution in [1.82, 2.24) is 15.1 Å². The first-order valence-corrected chi connectivity index (χ1v) is 7.98. The molecule has 0 saturated carbocycles. The Labute approximate surface area is 146 Å². The van der Waals surface area contributed by atoms with Crippen LogP contribution in [0.1, 0.15) is 17.0 Å². The molecule has 0 fully saturated rings. The van der Waals surface area contributed by atoms with Gasteiger partial charge in [-0.3, -0.25) is 4.90 Å². The van der Waals surface area contributed by atoms with Gasteiger partial charge in [-0.15, -0.1) is 10.2 Å². The summed E-state index contributed by atoms with van der Waals surface area (Å²) in [5, 5.41) is 26.3. The topological polar surface area (TPSA) is 86.2 Å². The molecule has 126 valence electrons. The van der Waals surface area contributed by atoms with Crippen LogP contribution in [0.2, 0.25) is 0 Å². The average molecular weight is 334 g/mol. The lowest BCUT2D eigenvalue weighted by atomic mass is 10.1. The molecular weight excluding hydrogens is 316 g/mol. The molecule has 2 aromatic carbocycles. The average Bonchev–Trinajstić information content (AvgIpc) is 3.11. The number of aliphatic hydroxyl groups excluding tert-OH is 1. The van der Waals surface area contributed by atoms with Crippen molar-refractivity contribution in [3.05, 3.63) is 71.6 Å². The second-order valence-electron chi connectivity index (χ2n) is 5.61. The van der Waals surface area contributed by atoms with Gasteiger partial charge >= 0.3 is 0 Å². The van der Waals surface area contributed by atoms with E-state index in [-0.39, 0.29) is 6.61 Å². The largest absolute Gasteiger partial charge is 0.419 e. The van der Waals surface area contributed by atoms with Crippen LogP contribution in [-0.4, -0.2) is 33.4 Å². The number of aromatic nitrogens is 2. The van der Waals surface area contributed by atoms with E-state index in [2.05, 4.69) is 16.3 Å². The summed E-state index contributed by atoms with van der Waals surface area (Å²) in [6, 6.07) is 19.1. The SMILES string of the molecule is N#Cc1ccc(-c2nnc(CN(CCO)Cc3ccccc3)o2)cc1. The molecule has 0 bridgehead atoms. The van der Waals surface area contributed by atoms with Crippen molar-refractivity contribution < 1.29 is 9.52 Å². The van der Waals surface area contributed by atoms with Crippen molar-refractivity contribution in [1.29, 1.82) is 5.26 Å². The summed E-state index contributed by atoms with van der Waals surface area (Å²) in [5.74, 6) is 0.909. The summed E-state index contributed by atoms with van der Waals surface area (Å²) >= 11 is 0. The van der Waals surface area contributed by atoms with Crippen molar-refractivity contribution in [3.63, 3.8) is 0 Å². The van der Waals surface area contributed by atoms with Crippen LogP contribution in [-0.2, 0) is 13.1 Å². The van der Waals surface area contributed by atoms with Gasteiger partial charge in [0.1, 0.15) is 0 Å². The molecule has 1 N–H and O–H groups in total. The minimum absolute atomic E-state index is 0.0590. The van der Waals surface area contributed by atoms with E-state index in [9.17, 15) is 5.11 Å². The van der Waals surface area contributed by atoms with Crippen LogP contribution in [0.25, 0.3) is 11.5 Å². The van der Waals surface area contributed by atoms with Crippen LogP contribution in [0.15, 0.2) is 59.0 Å². The summed E-state index contributed by atoms with van der Waals surface area (Å²) in [5.41, 5.74) is 2.51. The van der Waals surface area contributed by atoms with Crippen molar-refractivity contribution in [2.75, 3.05) is 13.2 Å². The van der Waals surface area contributed by atoms with Crippen LogP contribution in [0.3, 0.4) is 0 Å². The zero-order chi connectivity index (χ0) is 17.5. The van der Waals surface area contributed by atoms with Gasteiger partial charge in [0.2, 0.25) is 11.8 Å². The number of hydrogen-bond donors (Lipinski definition) is 1. The highest BCUT2D eigenvalue weighted by Gasteiger charge is 2.13. The van der Waals surface area contributed by atoms with Gasteiger partial charge in [0.05, 0.1) is 24.8 Å². The predicted molar refractivity (Wildman–Crippen MR) is 92.1 cm³/mol. The molecule has 1 heterocycles. The second-order valence-corrected chi connectivity index (χ2v) is 5.61. The number of benzene rings is 2. The Hall–Kier alpha value is -3.01. The van der Waals surface area contributed by atoms with Crippen LogP contribution >= 0.6 is 0 Å². The standard InChI is InChI=1S/C19H18N4O2/c20-12-15-6-8-17(9-7-15)19-22-21-18(25-19)14-23(10-11-24)13-16-4-2-1-3-5-16/h1-9,24H,10-11,13-14H2. The van der Waals surface area contributed by atoms with E-state index in [1.54, 1.807) is 24.3 Å². The third-order valence-electron chi connectivity index (χ3n) is 3.75. The lowest BCUT2D eigenvalue weighted by Crippen LogP contribution is -2.26. The second kappa shape index (κ2) is 8.20. The first-order valence-electron chi connectivity index (χ1n) is 7.98. The van der Waals surface area contributed by atoms with Gasteiger partial charge in [-0.05, 0) is 29.8 Å². The lowest BCUT2D eigenvalue weighted by Gasteiger charge is -2.19. The zero-order valence-electron chi connectivity index (χ0n) is 13.7. The van der Waals surface area contributed by atoms with Crippen molar-refractivity contribution in [3.8, 4) is 17.5 Å². The molecular formula is C19H18N4O2. The Morgan fingerprint density at radius 2 is 1.76 bits per heavy atom. The van der Waals surface area contributed by atoms with E-state index in [1.807, 2.05) is 35.2 Å². The molecule has 0 aliphatic rings. The Morgan fingerprint density at radius 3 is 2.44 bits per heavy atom. The van der Waals surface area contributed by atoms with E-state index in [0.717, 1.165) is 11.1 Å². The summed E-state index contributed by atoms with van der Waals surface area (Å²) < 4.78 is 5.73. The van der Waals surface area contributed by atoms with Crippen LogP contribution < -0.4 is 0 Å². The molecule has 0 amide bonds. The molecule has 0 saturated heterocycles. The van der Waals surface area contributed by atoms with Crippen molar-refractivity contribution in [2.24, 2.45) is 0 Å². The van der Waals surface area contributed by atoms with Gasteiger partial charge in [-0.1, -0.05) is 30.3 Å². The zero-order valence-corrected chi connectivity index (χ0v) is 13.7. The molecule has 6 nitrogen and oxygen atoms in total. The molecule has 3 aromatic rings.